The van der Waals surface area contributed by atoms with Crippen LogP contribution in [0.15, 0.2) is 29.4 Å². The minimum atomic E-state index is -0.150. The van der Waals surface area contributed by atoms with Gasteiger partial charge in [-0.25, -0.2) is 5.43 Å². The molecule has 4 aliphatic rings. The van der Waals surface area contributed by atoms with E-state index < -0.39 is 0 Å². The Hall–Kier alpha value is -3.56. The summed E-state index contributed by atoms with van der Waals surface area (Å²) in [4.78, 5) is 46.1. The van der Waals surface area contributed by atoms with E-state index in [2.05, 4.69) is 20.3 Å². The molecule has 39 heavy (non-hydrogen) atoms. The molecule has 3 saturated heterocycles. The van der Waals surface area contributed by atoms with Crippen LogP contribution in [0.5, 0.6) is 0 Å². The molecule has 10 heteroatoms. The molecule has 1 aromatic heterocycles. The first kappa shape index (κ1) is 25.7. The van der Waals surface area contributed by atoms with Crippen LogP contribution in [-0.4, -0.2) is 58.7 Å². The smallest absolute Gasteiger partial charge is 0.250 e. The Balaban J connectivity index is 1.19. The van der Waals surface area contributed by atoms with Crippen molar-refractivity contribution in [1.29, 1.82) is 0 Å². The molecule has 6 rings (SSSR count). The predicted molar refractivity (Wildman–Crippen MR) is 152 cm³/mol. The number of anilines is 4. The summed E-state index contributed by atoms with van der Waals surface area (Å²) in [6, 6.07) is 7.49. The normalized spacial score (nSPS) is 24.2. The molecule has 1 aromatic carbocycles. The molecular weight excluding hydrogens is 492 g/mol. The number of rotatable bonds is 6. The van der Waals surface area contributed by atoms with E-state index in [0.29, 0.717) is 23.5 Å². The van der Waals surface area contributed by atoms with E-state index >= 15 is 0 Å². The van der Waals surface area contributed by atoms with Gasteiger partial charge in [0.15, 0.2) is 0 Å². The molecule has 0 radical (unpaired) electrons. The highest BCUT2D eigenvalue weighted by Crippen LogP contribution is 2.40. The van der Waals surface area contributed by atoms with E-state index in [4.69, 9.17) is 15.0 Å². The van der Waals surface area contributed by atoms with E-state index in [-0.39, 0.29) is 23.7 Å². The summed E-state index contributed by atoms with van der Waals surface area (Å²) >= 11 is 0. The van der Waals surface area contributed by atoms with Crippen molar-refractivity contribution < 1.29 is 9.59 Å². The molecule has 1 aliphatic carbocycles. The average molecular weight is 531 g/mol. The summed E-state index contributed by atoms with van der Waals surface area (Å²) in [5, 5.41) is 4.58. The number of nitrogens with zero attached hydrogens (tertiary/aromatic N) is 7. The number of fused-ring (bicyclic) bond motifs is 1. The van der Waals surface area contributed by atoms with Crippen molar-refractivity contribution in [2.45, 2.75) is 71.1 Å². The SMILES string of the molecule is CC(=NNc1nc(N2CCCCC2)nc(N2CCCCC2)n1)c1ccc(N2C(=O)C3CCCCC3C2=O)cc1. The first-order valence-electron chi connectivity index (χ1n) is 14.6. The van der Waals surface area contributed by atoms with Gasteiger partial charge in [-0.1, -0.05) is 25.0 Å². The molecule has 4 fully saturated rings. The van der Waals surface area contributed by atoms with E-state index in [1.54, 1.807) is 0 Å². The zero-order valence-corrected chi connectivity index (χ0v) is 22.8. The predicted octanol–water partition coefficient (Wildman–Crippen LogP) is 4.37. The monoisotopic (exact) mass is 530 g/mol. The van der Waals surface area contributed by atoms with Crippen molar-refractivity contribution >= 4 is 41.1 Å². The molecule has 206 valence electrons. The number of carbonyl (C=O) groups is 2. The van der Waals surface area contributed by atoms with Gasteiger partial charge in [0.05, 0.1) is 23.2 Å². The molecule has 10 nitrogen and oxygen atoms in total. The number of hydrogen-bond acceptors (Lipinski definition) is 9. The molecule has 0 bridgehead atoms. The Kier molecular flexibility index (Phi) is 7.43. The fraction of sp³-hybridized carbons (Fsp3) is 0.586. The highest BCUT2D eigenvalue weighted by molar-refractivity contribution is 6.22. The van der Waals surface area contributed by atoms with Gasteiger partial charge in [-0.2, -0.15) is 20.1 Å². The second-order valence-corrected chi connectivity index (χ2v) is 11.2. The minimum Gasteiger partial charge on any atom is -0.341 e. The lowest BCUT2D eigenvalue weighted by Gasteiger charge is -2.30. The number of carbonyl (C=O) groups excluding carboxylic acids is 2. The third-order valence-corrected chi connectivity index (χ3v) is 8.60. The largest absolute Gasteiger partial charge is 0.341 e. The maximum Gasteiger partial charge on any atom is 0.250 e. The third-order valence-electron chi connectivity index (χ3n) is 8.60. The number of imide groups is 1. The number of aromatic nitrogens is 3. The van der Waals surface area contributed by atoms with Gasteiger partial charge in [-0.3, -0.25) is 14.5 Å². The summed E-state index contributed by atoms with van der Waals surface area (Å²) < 4.78 is 0. The highest BCUT2D eigenvalue weighted by Gasteiger charge is 2.48. The number of hydrazone groups is 1. The van der Waals surface area contributed by atoms with Crippen molar-refractivity contribution in [2.24, 2.45) is 16.9 Å². The topological polar surface area (TPSA) is 107 Å². The van der Waals surface area contributed by atoms with Crippen LogP contribution in [0.1, 0.15) is 76.7 Å². The van der Waals surface area contributed by atoms with Crippen molar-refractivity contribution in [2.75, 3.05) is 46.3 Å². The van der Waals surface area contributed by atoms with Crippen LogP contribution in [0, 0.1) is 11.8 Å². The van der Waals surface area contributed by atoms with Crippen LogP contribution in [0.4, 0.5) is 23.5 Å². The van der Waals surface area contributed by atoms with Crippen molar-refractivity contribution in [3.8, 4) is 0 Å². The average Bonchev–Trinajstić information content (AvgIpc) is 3.26. The molecule has 4 heterocycles. The lowest BCUT2D eigenvalue weighted by atomic mass is 9.81. The van der Waals surface area contributed by atoms with Gasteiger partial charge in [-0.05, 0) is 76.0 Å². The lowest BCUT2D eigenvalue weighted by Crippen LogP contribution is -2.34. The van der Waals surface area contributed by atoms with Crippen LogP contribution in [0.3, 0.4) is 0 Å². The fourth-order valence-electron chi connectivity index (χ4n) is 6.34. The van der Waals surface area contributed by atoms with Crippen LogP contribution in [0.25, 0.3) is 0 Å². The zero-order chi connectivity index (χ0) is 26.8. The summed E-state index contributed by atoms with van der Waals surface area (Å²) in [6.07, 6.45) is 10.8. The van der Waals surface area contributed by atoms with Crippen molar-refractivity contribution in [3.05, 3.63) is 29.8 Å². The number of nitrogens with one attached hydrogen (secondary N) is 1. The van der Waals surface area contributed by atoms with Crippen molar-refractivity contribution in [3.63, 3.8) is 0 Å². The van der Waals surface area contributed by atoms with Crippen LogP contribution in [0.2, 0.25) is 0 Å². The maximum atomic E-state index is 13.0. The molecule has 2 unspecified atom stereocenters. The van der Waals surface area contributed by atoms with Gasteiger partial charge < -0.3 is 9.80 Å². The molecule has 2 atom stereocenters. The third kappa shape index (κ3) is 5.33. The van der Waals surface area contributed by atoms with Crippen LogP contribution < -0.4 is 20.1 Å². The fourth-order valence-corrected chi connectivity index (χ4v) is 6.34. The molecule has 1 saturated carbocycles. The number of benzene rings is 1. The van der Waals surface area contributed by atoms with Crippen LogP contribution in [-0.2, 0) is 9.59 Å². The first-order valence-corrected chi connectivity index (χ1v) is 14.6. The molecule has 1 N–H and O–H groups in total. The number of amides is 2. The molecule has 2 amide bonds. The maximum absolute atomic E-state index is 13.0. The van der Waals surface area contributed by atoms with Gasteiger partial charge in [0.1, 0.15) is 0 Å². The van der Waals surface area contributed by atoms with E-state index in [0.717, 1.165) is 88.8 Å². The molecular formula is C29H38N8O2. The Morgan fingerprint density at radius 3 is 1.77 bits per heavy atom. The quantitative estimate of drug-likeness (QED) is 0.333. The Morgan fingerprint density at radius 1 is 0.744 bits per heavy atom. The van der Waals surface area contributed by atoms with Crippen LogP contribution >= 0.6 is 0 Å². The van der Waals surface area contributed by atoms with Gasteiger partial charge in [0.25, 0.3) is 0 Å². The van der Waals surface area contributed by atoms with Gasteiger partial charge >= 0.3 is 0 Å². The summed E-state index contributed by atoms with van der Waals surface area (Å²) in [5.41, 5.74) is 5.36. The van der Waals surface area contributed by atoms with E-state index in [1.165, 1.54) is 17.7 Å². The van der Waals surface area contributed by atoms with Crippen molar-refractivity contribution in [1.82, 2.24) is 15.0 Å². The standard InChI is InChI=1S/C29H38N8O2/c1-20(21-12-14-22(15-13-21)37-25(38)23-10-4-5-11-24(23)26(37)39)33-34-27-30-28(35-16-6-2-7-17-35)32-29(31-27)36-18-8-3-9-19-36/h12-15,23-24H,2-11,16-19H2,1H3,(H,30,31,32,34). The number of piperidine rings is 2. The second kappa shape index (κ2) is 11.3. The summed E-state index contributed by atoms with van der Waals surface area (Å²) in [5.74, 6) is 1.47. The Bertz CT molecular complexity index is 1170. The molecule has 0 spiro atoms. The molecule has 2 aromatic rings. The Labute approximate surface area is 229 Å². The summed E-state index contributed by atoms with van der Waals surface area (Å²) in [6.45, 7) is 5.76. The zero-order valence-electron chi connectivity index (χ0n) is 22.8. The number of hydrogen-bond donors (Lipinski definition) is 1. The van der Waals surface area contributed by atoms with E-state index in [1.807, 2.05) is 31.2 Å². The minimum absolute atomic E-state index is 0.0478. The molecule has 3 aliphatic heterocycles. The lowest BCUT2D eigenvalue weighted by molar-refractivity contribution is -0.122. The van der Waals surface area contributed by atoms with E-state index in [9.17, 15) is 9.59 Å². The second-order valence-electron chi connectivity index (χ2n) is 11.2. The van der Waals surface area contributed by atoms with Gasteiger partial charge in [0.2, 0.25) is 29.7 Å². The van der Waals surface area contributed by atoms with Gasteiger partial charge in [-0.15, -0.1) is 0 Å². The first-order chi connectivity index (χ1) is 19.1. The Morgan fingerprint density at radius 2 is 1.26 bits per heavy atom. The summed E-state index contributed by atoms with van der Waals surface area (Å²) in [7, 11) is 0. The van der Waals surface area contributed by atoms with Gasteiger partial charge in [0, 0.05) is 26.2 Å². The highest BCUT2D eigenvalue weighted by atomic mass is 16.2.